The first-order valence-electron chi connectivity index (χ1n) is 10.9. The van der Waals surface area contributed by atoms with E-state index in [4.69, 9.17) is 16.3 Å². The highest BCUT2D eigenvalue weighted by Gasteiger charge is 2.25. The summed E-state index contributed by atoms with van der Waals surface area (Å²) in [7, 11) is 0. The molecule has 0 spiro atoms. The van der Waals surface area contributed by atoms with Crippen molar-refractivity contribution in [3.63, 3.8) is 0 Å². The molecular formula is C24H25ClF2N2O. The lowest BCUT2D eigenvalue weighted by molar-refractivity contribution is 0.300. The van der Waals surface area contributed by atoms with E-state index in [1.165, 1.54) is 38.2 Å². The summed E-state index contributed by atoms with van der Waals surface area (Å²) in [5.41, 5.74) is 1.47. The van der Waals surface area contributed by atoms with Crippen LogP contribution in [0.4, 0.5) is 8.78 Å². The number of ether oxygens (including phenoxy) is 1. The molecular weight excluding hydrogens is 406 g/mol. The number of imidazole rings is 1. The third kappa shape index (κ3) is 3.92. The predicted octanol–water partition coefficient (Wildman–Crippen LogP) is 7.00. The monoisotopic (exact) mass is 430 g/mol. The largest absolute Gasteiger partial charge is 0.492 e. The van der Waals surface area contributed by atoms with Crippen molar-refractivity contribution >= 4 is 22.6 Å². The van der Waals surface area contributed by atoms with Crippen molar-refractivity contribution in [3.8, 4) is 17.1 Å². The van der Waals surface area contributed by atoms with E-state index in [-0.39, 0.29) is 5.52 Å². The van der Waals surface area contributed by atoms with Crippen molar-refractivity contribution in [1.29, 1.82) is 0 Å². The summed E-state index contributed by atoms with van der Waals surface area (Å²) in [6.07, 6.45) is 8.35. The summed E-state index contributed by atoms with van der Waals surface area (Å²) in [6, 6.07) is 8.28. The molecule has 0 atom stereocenters. The molecule has 6 heteroatoms. The molecule has 3 nitrogen and oxygen atoms in total. The van der Waals surface area contributed by atoms with E-state index in [2.05, 4.69) is 4.98 Å². The summed E-state index contributed by atoms with van der Waals surface area (Å²) < 4.78 is 36.7. The average Bonchev–Trinajstić information content (AvgIpc) is 3.52. The molecule has 0 unspecified atom stereocenters. The van der Waals surface area contributed by atoms with Crippen LogP contribution >= 0.6 is 11.6 Å². The second-order valence-corrected chi connectivity index (χ2v) is 9.11. The molecule has 0 amide bonds. The Morgan fingerprint density at radius 1 is 1.00 bits per heavy atom. The van der Waals surface area contributed by atoms with Gasteiger partial charge in [0.1, 0.15) is 17.1 Å². The maximum Gasteiger partial charge on any atom is 0.186 e. The van der Waals surface area contributed by atoms with Gasteiger partial charge in [0.25, 0.3) is 0 Å². The van der Waals surface area contributed by atoms with Gasteiger partial charge >= 0.3 is 0 Å². The van der Waals surface area contributed by atoms with Crippen molar-refractivity contribution in [2.75, 3.05) is 6.61 Å². The number of rotatable bonds is 6. The van der Waals surface area contributed by atoms with Crippen LogP contribution in [0, 0.1) is 23.5 Å². The number of hydrogen-bond donors (Lipinski definition) is 0. The van der Waals surface area contributed by atoms with Gasteiger partial charge in [-0.2, -0.15) is 0 Å². The maximum atomic E-state index is 14.6. The topological polar surface area (TPSA) is 27.1 Å². The fraction of sp³-hybridized carbons (Fsp3) is 0.458. The highest BCUT2D eigenvalue weighted by molar-refractivity contribution is 6.30. The first kappa shape index (κ1) is 19.8. The maximum absolute atomic E-state index is 14.6. The number of hydrogen-bond acceptors (Lipinski definition) is 2. The molecule has 2 aliphatic rings. The van der Waals surface area contributed by atoms with Gasteiger partial charge in [-0.1, -0.05) is 30.9 Å². The van der Waals surface area contributed by atoms with E-state index in [0.717, 1.165) is 24.9 Å². The van der Waals surface area contributed by atoms with Crippen molar-refractivity contribution in [1.82, 2.24) is 9.55 Å². The van der Waals surface area contributed by atoms with Gasteiger partial charge in [-0.3, -0.25) is 0 Å². The molecule has 2 saturated carbocycles. The standard InChI is InChI=1S/C24H25ClF2N2O/c25-17-8-9-18(21(12-17)30-14-16-6-7-16)24-28-23-20(11-10-19(26)22(23)27)29(24)13-15-4-2-1-3-5-15/h8-12,15-16H,1-7,13-14H2. The molecule has 0 saturated heterocycles. The van der Waals surface area contributed by atoms with Gasteiger partial charge in [-0.15, -0.1) is 0 Å². The lowest BCUT2D eigenvalue weighted by Gasteiger charge is -2.23. The minimum Gasteiger partial charge on any atom is -0.492 e. The van der Waals surface area contributed by atoms with E-state index < -0.39 is 11.6 Å². The Morgan fingerprint density at radius 2 is 1.80 bits per heavy atom. The summed E-state index contributed by atoms with van der Waals surface area (Å²) in [5.74, 6) is 0.580. The van der Waals surface area contributed by atoms with Crippen LogP contribution in [0.3, 0.4) is 0 Å². The molecule has 158 valence electrons. The number of nitrogens with zero attached hydrogens (tertiary/aromatic N) is 2. The Bertz CT molecular complexity index is 1070. The molecule has 0 aliphatic heterocycles. The highest BCUT2D eigenvalue weighted by Crippen LogP contribution is 2.38. The minimum atomic E-state index is -0.898. The first-order valence-corrected chi connectivity index (χ1v) is 11.2. The molecule has 2 aromatic carbocycles. The van der Waals surface area contributed by atoms with Gasteiger partial charge in [-0.05, 0) is 67.9 Å². The molecule has 0 radical (unpaired) electrons. The van der Waals surface area contributed by atoms with Crippen LogP contribution in [0.15, 0.2) is 30.3 Å². The van der Waals surface area contributed by atoms with Crippen molar-refractivity contribution in [3.05, 3.63) is 47.0 Å². The van der Waals surface area contributed by atoms with Gasteiger partial charge in [0.2, 0.25) is 0 Å². The molecule has 1 aromatic heterocycles. The molecule has 0 N–H and O–H groups in total. The Hall–Kier alpha value is -2.14. The van der Waals surface area contributed by atoms with Crippen LogP contribution in [0.5, 0.6) is 5.75 Å². The minimum absolute atomic E-state index is 0.0731. The molecule has 30 heavy (non-hydrogen) atoms. The van der Waals surface area contributed by atoms with E-state index in [1.807, 2.05) is 10.6 Å². The Kier molecular flexibility index (Phi) is 5.40. The van der Waals surface area contributed by atoms with Crippen LogP contribution in [-0.4, -0.2) is 16.2 Å². The number of benzene rings is 2. The smallest absolute Gasteiger partial charge is 0.186 e. The zero-order chi connectivity index (χ0) is 20.7. The van der Waals surface area contributed by atoms with E-state index >= 15 is 0 Å². The number of halogens is 3. The van der Waals surface area contributed by atoms with E-state index in [9.17, 15) is 8.78 Å². The Morgan fingerprint density at radius 3 is 2.57 bits per heavy atom. The molecule has 1 heterocycles. The van der Waals surface area contributed by atoms with Gasteiger partial charge in [-0.25, -0.2) is 13.8 Å². The summed E-state index contributed by atoms with van der Waals surface area (Å²) >= 11 is 6.24. The third-order valence-corrected chi connectivity index (χ3v) is 6.57. The lowest BCUT2D eigenvalue weighted by Crippen LogP contribution is -2.15. The fourth-order valence-electron chi connectivity index (χ4n) is 4.45. The molecule has 5 rings (SSSR count). The predicted molar refractivity (Wildman–Crippen MR) is 115 cm³/mol. The second kappa shape index (κ2) is 8.18. The van der Waals surface area contributed by atoms with Crippen LogP contribution in [0.1, 0.15) is 44.9 Å². The number of fused-ring (bicyclic) bond motifs is 1. The molecule has 0 bridgehead atoms. The summed E-state index contributed by atoms with van der Waals surface area (Å²) in [6.45, 7) is 1.38. The van der Waals surface area contributed by atoms with Crippen LogP contribution in [0.2, 0.25) is 5.02 Å². The van der Waals surface area contributed by atoms with Gasteiger partial charge < -0.3 is 9.30 Å². The van der Waals surface area contributed by atoms with Crippen LogP contribution in [-0.2, 0) is 6.54 Å². The summed E-state index contributed by atoms with van der Waals surface area (Å²) in [5, 5.41) is 0.580. The molecule has 2 aliphatic carbocycles. The van der Waals surface area contributed by atoms with Crippen LogP contribution in [0.25, 0.3) is 22.4 Å². The fourth-order valence-corrected chi connectivity index (χ4v) is 4.61. The molecule has 2 fully saturated rings. The second-order valence-electron chi connectivity index (χ2n) is 8.67. The van der Waals surface area contributed by atoms with Crippen molar-refractivity contribution in [2.24, 2.45) is 11.8 Å². The Labute approximate surface area is 180 Å². The van der Waals surface area contributed by atoms with Crippen molar-refractivity contribution < 1.29 is 13.5 Å². The normalized spacial score (nSPS) is 17.6. The van der Waals surface area contributed by atoms with Crippen molar-refractivity contribution in [2.45, 2.75) is 51.5 Å². The van der Waals surface area contributed by atoms with E-state index in [1.54, 1.807) is 18.2 Å². The Balaban J connectivity index is 1.62. The van der Waals surface area contributed by atoms with Gasteiger partial charge in [0, 0.05) is 11.6 Å². The zero-order valence-corrected chi connectivity index (χ0v) is 17.6. The third-order valence-electron chi connectivity index (χ3n) is 6.33. The lowest BCUT2D eigenvalue weighted by atomic mass is 9.89. The molecule has 3 aromatic rings. The average molecular weight is 431 g/mol. The summed E-state index contributed by atoms with van der Waals surface area (Å²) in [4.78, 5) is 4.57. The van der Waals surface area contributed by atoms with Gasteiger partial charge in [0.05, 0.1) is 17.7 Å². The quantitative estimate of drug-likeness (QED) is 0.420. The van der Waals surface area contributed by atoms with E-state index in [0.29, 0.717) is 40.6 Å². The van der Waals surface area contributed by atoms with Gasteiger partial charge in [0.15, 0.2) is 11.6 Å². The highest BCUT2D eigenvalue weighted by atomic mass is 35.5. The zero-order valence-electron chi connectivity index (χ0n) is 16.8. The first-order chi connectivity index (χ1) is 14.6. The SMILES string of the molecule is Fc1ccc2c(nc(-c3ccc(Cl)cc3OCC3CC3)n2CC2CCCCC2)c1F. The number of aromatic nitrogens is 2. The van der Waals surface area contributed by atoms with Crippen LogP contribution < -0.4 is 4.74 Å².